The standard InChI is InChI=1S/C14H15FN2O2/c15-12-3-1-11(2-4-12)13-5-6-17(16-13)7-14(8-18)9-19-10-14/h1-6,18H,7-10H2. The maximum Gasteiger partial charge on any atom is 0.123 e. The highest BCUT2D eigenvalue weighted by molar-refractivity contribution is 5.58. The molecule has 1 aliphatic heterocycles. The van der Waals surface area contributed by atoms with Crippen LogP contribution in [0.4, 0.5) is 4.39 Å². The molecular formula is C14H15FN2O2. The van der Waals surface area contributed by atoms with Crippen LogP contribution in [0.1, 0.15) is 0 Å². The molecule has 1 aromatic heterocycles. The van der Waals surface area contributed by atoms with Gasteiger partial charge in [0.15, 0.2) is 0 Å². The summed E-state index contributed by atoms with van der Waals surface area (Å²) in [5.74, 6) is -0.256. The van der Waals surface area contributed by atoms with E-state index in [1.807, 2.05) is 12.3 Å². The largest absolute Gasteiger partial charge is 0.396 e. The molecule has 1 N–H and O–H groups in total. The second-order valence-corrected chi connectivity index (χ2v) is 5.06. The summed E-state index contributed by atoms with van der Waals surface area (Å²) in [7, 11) is 0. The van der Waals surface area contributed by atoms with Gasteiger partial charge in [0.1, 0.15) is 5.82 Å². The van der Waals surface area contributed by atoms with E-state index in [1.54, 1.807) is 16.8 Å². The molecule has 1 saturated heterocycles. The molecule has 0 bridgehead atoms. The summed E-state index contributed by atoms with van der Waals surface area (Å²) in [5, 5.41) is 13.8. The van der Waals surface area contributed by atoms with Crippen LogP contribution in [0.2, 0.25) is 0 Å². The fraction of sp³-hybridized carbons (Fsp3) is 0.357. The summed E-state index contributed by atoms with van der Waals surface area (Å²) in [6.45, 7) is 1.86. The van der Waals surface area contributed by atoms with Crippen molar-refractivity contribution in [3.8, 4) is 11.3 Å². The first-order chi connectivity index (χ1) is 9.21. The molecule has 1 fully saturated rings. The number of ether oxygens (including phenoxy) is 1. The molecule has 0 aliphatic carbocycles. The third-order valence-corrected chi connectivity index (χ3v) is 3.43. The van der Waals surface area contributed by atoms with E-state index < -0.39 is 0 Å². The summed E-state index contributed by atoms with van der Waals surface area (Å²) < 4.78 is 19.8. The Kier molecular flexibility index (Phi) is 3.08. The molecule has 19 heavy (non-hydrogen) atoms. The molecule has 0 saturated carbocycles. The number of hydrogen-bond acceptors (Lipinski definition) is 3. The average Bonchev–Trinajstić information content (AvgIpc) is 2.83. The number of nitrogens with zero attached hydrogens (tertiary/aromatic N) is 2. The first-order valence-corrected chi connectivity index (χ1v) is 6.19. The minimum atomic E-state index is -0.256. The molecule has 1 aromatic carbocycles. The molecule has 0 amide bonds. The van der Waals surface area contributed by atoms with Gasteiger partial charge in [-0.25, -0.2) is 4.39 Å². The monoisotopic (exact) mass is 262 g/mol. The van der Waals surface area contributed by atoms with E-state index in [9.17, 15) is 9.50 Å². The fourth-order valence-electron chi connectivity index (χ4n) is 2.19. The molecule has 100 valence electrons. The van der Waals surface area contributed by atoms with Crippen molar-refractivity contribution in [3.63, 3.8) is 0 Å². The Morgan fingerprint density at radius 2 is 2.00 bits per heavy atom. The number of benzene rings is 1. The van der Waals surface area contributed by atoms with Crippen LogP contribution in [0.3, 0.4) is 0 Å². The average molecular weight is 262 g/mol. The first-order valence-electron chi connectivity index (χ1n) is 6.19. The van der Waals surface area contributed by atoms with Crippen LogP contribution in [0.15, 0.2) is 36.5 Å². The van der Waals surface area contributed by atoms with Crippen LogP contribution >= 0.6 is 0 Å². The van der Waals surface area contributed by atoms with Gasteiger partial charge in [0.05, 0.1) is 37.5 Å². The Morgan fingerprint density at radius 3 is 2.58 bits per heavy atom. The van der Waals surface area contributed by atoms with Crippen molar-refractivity contribution >= 4 is 0 Å². The fourth-order valence-corrected chi connectivity index (χ4v) is 2.19. The number of aromatic nitrogens is 2. The van der Waals surface area contributed by atoms with E-state index in [1.165, 1.54) is 12.1 Å². The Labute approximate surface area is 110 Å². The lowest BCUT2D eigenvalue weighted by molar-refractivity contribution is -0.146. The predicted octanol–water partition coefficient (Wildman–Crippen LogP) is 1.70. The number of hydrogen-bond donors (Lipinski definition) is 1. The van der Waals surface area contributed by atoms with Gasteiger partial charge in [-0.1, -0.05) is 0 Å². The van der Waals surface area contributed by atoms with E-state index >= 15 is 0 Å². The van der Waals surface area contributed by atoms with Crippen molar-refractivity contribution in [1.29, 1.82) is 0 Å². The third kappa shape index (κ3) is 2.39. The normalized spacial score (nSPS) is 17.2. The third-order valence-electron chi connectivity index (χ3n) is 3.43. The topological polar surface area (TPSA) is 47.3 Å². The van der Waals surface area contributed by atoms with Crippen molar-refractivity contribution in [2.24, 2.45) is 5.41 Å². The second-order valence-electron chi connectivity index (χ2n) is 5.06. The lowest BCUT2D eigenvalue weighted by Crippen LogP contribution is -2.48. The number of rotatable bonds is 4. The van der Waals surface area contributed by atoms with Gasteiger partial charge >= 0.3 is 0 Å². The zero-order chi connectivity index (χ0) is 13.3. The van der Waals surface area contributed by atoms with Crippen LogP contribution < -0.4 is 0 Å². The van der Waals surface area contributed by atoms with Crippen molar-refractivity contribution in [2.75, 3.05) is 19.8 Å². The van der Waals surface area contributed by atoms with Gasteiger partial charge in [-0.05, 0) is 30.3 Å². The smallest absolute Gasteiger partial charge is 0.123 e. The van der Waals surface area contributed by atoms with Crippen LogP contribution in [0.25, 0.3) is 11.3 Å². The summed E-state index contributed by atoms with van der Waals surface area (Å²) in [5.41, 5.74) is 1.47. The van der Waals surface area contributed by atoms with Crippen molar-refractivity contribution in [3.05, 3.63) is 42.3 Å². The molecule has 0 radical (unpaired) electrons. The first kappa shape index (κ1) is 12.3. The van der Waals surface area contributed by atoms with E-state index in [4.69, 9.17) is 4.74 Å². The van der Waals surface area contributed by atoms with E-state index in [2.05, 4.69) is 5.10 Å². The van der Waals surface area contributed by atoms with Crippen molar-refractivity contribution in [1.82, 2.24) is 9.78 Å². The Bertz CT molecular complexity index is 556. The zero-order valence-corrected chi connectivity index (χ0v) is 10.4. The molecular weight excluding hydrogens is 247 g/mol. The molecule has 3 rings (SSSR count). The van der Waals surface area contributed by atoms with Gasteiger partial charge in [-0.15, -0.1) is 0 Å². The molecule has 4 nitrogen and oxygen atoms in total. The van der Waals surface area contributed by atoms with Gasteiger partial charge in [-0.3, -0.25) is 4.68 Å². The highest BCUT2D eigenvalue weighted by Gasteiger charge is 2.38. The highest BCUT2D eigenvalue weighted by atomic mass is 19.1. The molecule has 0 unspecified atom stereocenters. The SMILES string of the molecule is OCC1(Cn2ccc(-c3ccc(F)cc3)n2)COC1. The number of aliphatic hydroxyl groups is 1. The van der Waals surface area contributed by atoms with Gasteiger partial charge < -0.3 is 9.84 Å². The van der Waals surface area contributed by atoms with Crippen LogP contribution in [0.5, 0.6) is 0 Å². The summed E-state index contributed by atoms with van der Waals surface area (Å²) in [6, 6.07) is 8.14. The lowest BCUT2D eigenvalue weighted by Gasteiger charge is -2.39. The lowest BCUT2D eigenvalue weighted by atomic mass is 9.87. The molecule has 0 spiro atoms. The number of aliphatic hydroxyl groups excluding tert-OH is 1. The van der Waals surface area contributed by atoms with Gasteiger partial charge in [0.25, 0.3) is 0 Å². The summed E-state index contributed by atoms with van der Waals surface area (Å²) >= 11 is 0. The van der Waals surface area contributed by atoms with Crippen molar-refractivity contribution in [2.45, 2.75) is 6.54 Å². The zero-order valence-electron chi connectivity index (χ0n) is 10.4. The second kappa shape index (κ2) is 4.75. The Balaban J connectivity index is 1.77. The molecule has 0 atom stereocenters. The van der Waals surface area contributed by atoms with Gasteiger partial charge in [0.2, 0.25) is 0 Å². The maximum atomic E-state index is 12.9. The van der Waals surface area contributed by atoms with Gasteiger partial charge in [0, 0.05) is 11.8 Å². The quantitative estimate of drug-likeness (QED) is 0.912. The van der Waals surface area contributed by atoms with E-state index in [0.717, 1.165) is 11.3 Å². The number of halogens is 1. The van der Waals surface area contributed by atoms with Crippen LogP contribution in [-0.4, -0.2) is 34.7 Å². The maximum absolute atomic E-state index is 12.9. The van der Waals surface area contributed by atoms with Crippen LogP contribution in [-0.2, 0) is 11.3 Å². The van der Waals surface area contributed by atoms with Crippen molar-refractivity contribution < 1.29 is 14.2 Å². The van der Waals surface area contributed by atoms with E-state index in [0.29, 0.717) is 19.8 Å². The highest BCUT2D eigenvalue weighted by Crippen LogP contribution is 2.29. The molecule has 2 heterocycles. The van der Waals surface area contributed by atoms with Crippen LogP contribution in [0, 0.1) is 11.2 Å². The molecule has 1 aliphatic rings. The van der Waals surface area contributed by atoms with E-state index in [-0.39, 0.29) is 17.8 Å². The summed E-state index contributed by atoms with van der Waals surface area (Å²) in [6.07, 6.45) is 1.87. The Hall–Kier alpha value is -1.72. The minimum absolute atomic E-state index is 0.0960. The predicted molar refractivity (Wildman–Crippen MR) is 68.0 cm³/mol. The minimum Gasteiger partial charge on any atom is -0.396 e. The Morgan fingerprint density at radius 1 is 1.26 bits per heavy atom. The summed E-state index contributed by atoms with van der Waals surface area (Å²) in [4.78, 5) is 0. The molecule has 2 aromatic rings. The van der Waals surface area contributed by atoms with Gasteiger partial charge in [-0.2, -0.15) is 5.10 Å². The molecule has 5 heteroatoms.